The summed E-state index contributed by atoms with van der Waals surface area (Å²) in [5.41, 5.74) is 0.416. The number of aliphatic carboxylic acids is 1. The lowest BCUT2D eigenvalue weighted by Crippen LogP contribution is -2.31. The normalized spacial score (nSPS) is 16.9. The van der Waals surface area contributed by atoms with E-state index in [2.05, 4.69) is 16.4 Å². The Balaban J connectivity index is 1.97. The second kappa shape index (κ2) is 7.88. The molecule has 1 aliphatic rings. The molecule has 1 unspecified atom stereocenters. The van der Waals surface area contributed by atoms with Crippen LogP contribution >= 0.6 is 0 Å². The molecule has 0 saturated heterocycles. The van der Waals surface area contributed by atoms with Crippen LogP contribution in [0.4, 0.5) is 13.2 Å². The summed E-state index contributed by atoms with van der Waals surface area (Å²) in [7, 11) is -4.30. The van der Waals surface area contributed by atoms with Gasteiger partial charge in [-0.25, -0.2) is 13.1 Å². The SMILES string of the molecule is C=C(C)c1cc(C(F)(F)F)cc(S(=O)(=O)NC2CCCc3c2cnn3CC(=O)O)c1. The summed E-state index contributed by atoms with van der Waals surface area (Å²) in [5.74, 6) is -1.08. The minimum Gasteiger partial charge on any atom is -0.480 e. The molecule has 7 nitrogen and oxygen atoms in total. The number of fused-ring (bicyclic) bond motifs is 1. The molecule has 30 heavy (non-hydrogen) atoms. The van der Waals surface area contributed by atoms with Crippen molar-refractivity contribution in [1.29, 1.82) is 0 Å². The largest absolute Gasteiger partial charge is 0.480 e. The molecular formula is C19H20F3N3O4S. The number of nitrogens with one attached hydrogen (secondary N) is 1. The Morgan fingerprint density at radius 2 is 2.07 bits per heavy atom. The molecule has 162 valence electrons. The van der Waals surface area contributed by atoms with E-state index in [4.69, 9.17) is 5.11 Å². The zero-order valence-electron chi connectivity index (χ0n) is 16.0. The van der Waals surface area contributed by atoms with E-state index in [1.54, 1.807) is 0 Å². The van der Waals surface area contributed by atoms with E-state index in [1.165, 1.54) is 17.8 Å². The second-order valence-electron chi connectivity index (χ2n) is 7.19. The minimum absolute atomic E-state index is 0.0730. The van der Waals surface area contributed by atoms with E-state index in [1.807, 2.05) is 0 Å². The lowest BCUT2D eigenvalue weighted by Gasteiger charge is -2.24. The molecule has 0 fully saturated rings. The van der Waals surface area contributed by atoms with E-state index >= 15 is 0 Å². The number of nitrogens with zero attached hydrogens (tertiary/aromatic N) is 2. The first-order chi connectivity index (χ1) is 13.9. The van der Waals surface area contributed by atoms with Crippen LogP contribution in [-0.2, 0) is 34.0 Å². The number of sulfonamides is 1. The number of allylic oxidation sites excluding steroid dienone is 1. The van der Waals surface area contributed by atoms with E-state index in [0.717, 1.165) is 12.1 Å². The van der Waals surface area contributed by atoms with Crippen LogP contribution in [0.5, 0.6) is 0 Å². The zero-order chi connectivity index (χ0) is 22.3. The van der Waals surface area contributed by atoms with Crippen molar-refractivity contribution in [2.24, 2.45) is 0 Å². The summed E-state index contributed by atoms with van der Waals surface area (Å²) in [6.07, 6.45) is -1.80. The third-order valence-corrected chi connectivity index (χ3v) is 6.33. The number of aromatic nitrogens is 2. The first kappa shape index (κ1) is 22.0. The van der Waals surface area contributed by atoms with Crippen LogP contribution in [0.2, 0.25) is 0 Å². The number of halogens is 3. The predicted octanol–water partition coefficient (Wildman–Crippen LogP) is 3.38. The maximum absolute atomic E-state index is 13.3. The fraction of sp³-hybridized carbons (Fsp3) is 0.368. The quantitative estimate of drug-likeness (QED) is 0.713. The lowest BCUT2D eigenvalue weighted by molar-refractivity contribution is -0.138. The Bertz CT molecular complexity index is 1110. The molecule has 0 saturated carbocycles. The maximum atomic E-state index is 13.3. The number of carboxylic acids is 1. The van der Waals surface area contributed by atoms with Crippen molar-refractivity contribution >= 4 is 21.6 Å². The molecule has 2 N–H and O–H groups in total. The molecule has 2 aromatic rings. The standard InChI is InChI=1S/C19H20F3N3O4S/c1-11(2)12-6-13(19(20,21)22)8-14(7-12)30(28,29)24-16-4-3-5-17-15(16)9-23-25(17)10-18(26)27/h6-9,16,24H,1,3-5,10H2,2H3,(H,26,27). The van der Waals surface area contributed by atoms with Crippen molar-refractivity contribution in [2.45, 2.75) is 49.8 Å². The number of carboxylic acid groups (broad SMARTS) is 1. The average Bonchev–Trinajstić information content (AvgIpc) is 3.03. The van der Waals surface area contributed by atoms with Gasteiger partial charge >= 0.3 is 12.1 Å². The molecule has 0 bridgehead atoms. The van der Waals surface area contributed by atoms with Gasteiger partial charge in [0.15, 0.2) is 0 Å². The molecule has 0 amide bonds. The van der Waals surface area contributed by atoms with Gasteiger partial charge in [-0.2, -0.15) is 18.3 Å². The van der Waals surface area contributed by atoms with Crippen molar-refractivity contribution < 1.29 is 31.5 Å². The van der Waals surface area contributed by atoms with Crippen molar-refractivity contribution in [1.82, 2.24) is 14.5 Å². The van der Waals surface area contributed by atoms with Crippen molar-refractivity contribution in [3.63, 3.8) is 0 Å². The van der Waals surface area contributed by atoms with Gasteiger partial charge in [0.1, 0.15) is 6.54 Å². The number of carbonyl (C=O) groups is 1. The van der Waals surface area contributed by atoms with Gasteiger partial charge in [-0.1, -0.05) is 12.2 Å². The monoisotopic (exact) mass is 443 g/mol. The predicted molar refractivity (Wildman–Crippen MR) is 102 cm³/mol. The summed E-state index contributed by atoms with van der Waals surface area (Å²) in [4.78, 5) is 10.5. The van der Waals surface area contributed by atoms with Gasteiger partial charge in [-0.15, -0.1) is 0 Å². The van der Waals surface area contributed by atoms with Gasteiger partial charge in [0.05, 0.1) is 22.7 Å². The minimum atomic E-state index is -4.72. The molecule has 1 aromatic heterocycles. The third kappa shape index (κ3) is 4.57. The van der Waals surface area contributed by atoms with E-state index in [-0.39, 0.29) is 12.1 Å². The topological polar surface area (TPSA) is 101 Å². The smallest absolute Gasteiger partial charge is 0.416 e. The Kier molecular flexibility index (Phi) is 5.79. The molecule has 1 heterocycles. The fourth-order valence-corrected chi connectivity index (χ4v) is 4.74. The Morgan fingerprint density at radius 3 is 2.67 bits per heavy atom. The molecule has 1 aromatic carbocycles. The number of benzene rings is 1. The number of alkyl halides is 3. The zero-order valence-corrected chi connectivity index (χ0v) is 16.8. The summed E-state index contributed by atoms with van der Waals surface area (Å²) < 4.78 is 69.4. The summed E-state index contributed by atoms with van der Waals surface area (Å²) in [6, 6.07) is 1.88. The van der Waals surface area contributed by atoms with E-state index in [9.17, 15) is 26.4 Å². The fourth-order valence-electron chi connectivity index (χ4n) is 3.43. The highest BCUT2D eigenvalue weighted by molar-refractivity contribution is 7.89. The van der Waals surface area contributed by atoms with E-state index in [0.29, 0.717) is 42.2 Å². The molecule has 11 heteroatoms. The van der Waals surface area contributed by atoms with Crippen LogP contribution in [0.3, 0.4) is 0 Å². The van der Waals surface area contributed by atoms with Crippen molar-refractivity contribution in [3.05, 3.63) is 53.4 Å². The Hall–Kier alpha value is -2.66. The van der Waals surface area contributed by atoms with Gasteiger partial charge in [-0.05, 0) is 49.9 Å². The van der Waals surface area contributed by atoms with Gasteiger partial charge in [0.25, 0.3) is 0 Å². The summed E-state index contributed by atoms with van der Waals surface area (Å²) >= 11 is 0. The summed E-state index contributed by atoms with van der Waals surface area (Å²) in [5, 5.41) is 13.0. The van der Waals surface area contributed by atoms with Crippen LogP contribution in [0, 0.1) is 0 Å². The second-order valence-corrected chi connectivity index (χ2v) is 8.90. The summed E-state index contributed by atoms with van der Waals surface area (Å²) in [6.45, 7) is 4.73. The Labute approximate surface area is 171 Å². The van der Waals surface area contributed by atoms with Crippen molar-refractivity contribution in [3.8, 4) is 0 Å². The molecule has 0 aliphatic heterocycles. The first-order valence-electron chi connectivity index (χ1n) is 9.05. The molecular weight excluding hydrogens is 423 g/mol. The van der Waals surface area contributed by atoms with Gasteiger partial charge < -0.3 is 5.11 Å². The van der Waals surface area contributed by atoms with Gasteiger partial charge in [-0.3, -0.25) is 9.48 Å². The molecule has 0 radical (unpaired) electrons. The van der Waals surface area contributed by atoms with Crippen LogP contribution in [0.25, 0.3) is 5.57 Å². The van der Waals surface area contributed by atoms with Crippen molar-refractivity contribution in [2.75, 3.05) is 0 Å². The van der Waals surface area contributed by atoms with Crippen LogP contribution < -0.4 is 4.72 Å². The molecule has 1 aliphatic carbocycles. The number of rotatable bonds is 6. The number of hydrogen-bond donors (Lipinski definition) is 2. The van der Waals surface area contributed by atoms with E-state index < -0.39 is 38.7 Å². The number of hydrogen-bond acceptors (Lipinski definition) is 4. The molecule has 0 spiro atoms. The highest BCUT2D eigenvalue weighted by atomic mass is 32.2. The Morgan fingerprint density at radius 1 is 1.37 bits per heavy atom. The van der Waals surface area contributed by atoms with Gasteiger partial charge in [0, 0.05) is 11.3 Å². The van der Waals surface area contributed by atoms with Crippen LogP contribution in [0.15, 0.2) is 35.9 Å². The maximum Gasteiger partial charge on any atom is 0.416 e. The average molecular weight is 443 g/mol. The third-order valence-electron chi connectivity index (χ3n) is 4.88. The van der Waals surface area contributed by atoms with Crippen LogP contribution in [0.1, 0.15) is 48.2 Å². The van der Waals surface area contributed by atoms with Crippen LogP contribution in [-0.4, -0.2) is 29.3 Å². The highest BCUT2D eigenvalue weighted by Crippen LogP contribution is 2.35. The molecule has 1 atom stereocenters. The van der Waals surface area contributed by atoms with Gasteiger partial charge in [0.2, 0.25) is 10.0 Å². The molecule has 3 rings (SSSR count). The first-order valence-corrected chi connectivity index (χ1v) is 10.5. The lowest BCUT2D eigenvalue weighted by atomic mass is 9.94. The highest BCUT2D eigenvalue weighted by Gasteiger charge is 2.34.